The molecule has 15 atom stereocenters. The minimum absolute atomic E-state index is 0.0113. The Morgan fingerprint density at radius 3 is 1.28 bits per heavy atom. The number of carbonyl (C=O) groups excluding carboxylic acids is 4. The maximum atomic E-state index is 13.5. The SMILES string of the molecule is CC(C)C(=O)CCCC(=O)NC(COCCC(=O)NCCCO[C@@H]1OC(CO)[C@H](O)[C@H](O)C1C)(COCCC(=O)NCCCO[C@@H]1OC(CO)[C@H](O)[C@H](O)C1C)COCC[N+](=O)NCCCO[C@@H]1OC(CO)[C@H](O)[C@H](O)C1C. The van der Waals surface area contributed by atoms with Gasteiger partial charge in [-0.2, -0.15) is 5.43 Å². The molecule has 78 heavy (non-hydrogen) atoms. The predicted octanol–water partition coefficient (Wildman–Crippen LogP) is -3.97. The van der Waals surface area contributed by atoms with Crippen molar-refractivity contribution in [3.05, 3.63) is 4.91 Å². The molecule has 0 aromatic rings. The molecule has 0 aliphatic carbocycles. The van der Waals surface area contributed by atoms with Crippen LogP contribution >= 0.6 is 0 Å². The van der Waals surface area contributed by atoms with Gasteiger partial charge in [-0.25, -0.2) is 0 Å². The van der Waals surface area contributed by atoms with Crippen molar-refractivity contribution in [1.29, 1.82) is 0 Å². The zero-order chi connectivity index (χ0) is 57.8. The van der Waals surface area contributed by atoms with Crippen molar-refractivity contribution in [2.75, 3.05) is 105 Å². The number of rotatable bonds is 40. The average Bonchev–Trinajstić information content (AvgIpc) is 3.43. The molecule has 0 aromatic carbocycles. The third kappa shape index (κ3) is 23.7. The van der Waals surface area contributed by atoms with Crippen molar-refractivity contribution in [2.24, 2.45) is 23.7 Å². The molecule has 454 valence electrons. The van der Waals surface area contributed by atoms with Crippen LogP contribution in [0.4, 0.5) is 0 Å². The summed E-state index contributed by atoms with van der Waals surface area (Å²) in [4.78, 5) is 64.9. The lowest BCUT2D eigenvalue weighted by atomic mass is 9.92. The van der Waals surface area contributed by atoms with E-state index in [1.165, 1.54) is 0 Å². The minimum atomic E-state index is -1.43. The lowest BCUT2D eigenvalue weighted by Gasteiger charge is -2.40. The molecule has 3 saturated heterocycles. The van der Waals surface area contributed by atoms with Gasteiger partial charge in [0.05, 0.1) is 102 Å². The zero-order valence-corrected chi connectivity index (χ0v) is 45.9. The van der Waals surface area contributed by atoms with E-state index in [1.807, 2.05) is 0 Å². The van der Waals surface area contributed by atoms with Crippen molar-refractivity contribution in [2.45, 2.75) is 165 Å². The lowest BCUT2D eigenvalue weighted by Crippen LogP contribution is -2.59. The molecule has 3 aliphatic heterocycles. The first-order valence-corrected chi connectivity index (χ1v) is 27.2. The second-order valence-corrected chi connectivity index (χ2v) is 20.5. The van der Waals surface area contributed by atoms with Crippen LogP contribution in [0.15, 0.2) is 0 Å². The summed E-state index contributed by atoms with van der Waals surface area (Å²) in [6.07, 6.45) is -11.7. The number of hydrogen-bond donors (Lipinski definition) is 13. The fraction of sp³-hybridized carbons (Fsp3) is 0.920. The molecule has 3 fully saturated rings. The van der Waals surface area contributed by atoms with E-state index in [1.54, 1.807) is 34.6 Å². The predicted molar refractivity (Wildman–Crippen MR) is 271 cm³/mol. The van der Waals surface area contributed by atoms with Gasteiger partial charge in [-0.3, -0.25) is 19.2 Å². The van der Waals surface area contributed by atoms with Gasteiger partial charge in [0, 0.05) is 62.4 Å². The quantitative estimate of drug-likeness (QED) is 0.0158. The number of carbonyl (C=O) groups is 4. The Morgan fingerprint density at radius 1 is 0.513 bits per heavy atom. The van der Waals surface area contributed by atoms with Gasteiger partial charge < -0.3 is 105 Å². The Balaban J connectivity index is 1.57. The first kappa shape index (κ1) is 69.0. The number of ketones is 1. The third-order valence-electron chi connectivity index (χ3n) is 13.7. The minimum Gasteiger partial charge on any atom is -0.394 e. The van der Waals surface area contributed by atoms with Gasteiger partial charge in [0.15, 0.2) is 18.9 Å². The molecule has 28 heteroatoms. The van der Waals surface area contributed by atoms with Gasteiger partial charge in [-0.15, -0.1) is 0 Å². The summed E-state index contributed by atoms with van der Waals surface area (Å²) in [7, 11) is 0. The van der Waals surface area contributed by atoms with Gasteiger partial charge in [0.2, 0.25) is 24.3 Å². The molecule has 0 aromatic heterocycles. The first-order valence-electron chi connectivity index (χ1n) is 27.2. The van der Waals surface area contributed by atoms with E-state index in [9.17, 15) is 70.0 Å². The molecule has 6 unspecified atom stereocenters. The summed E-state index contributed by atoms with van der Waals surface area (Å²) in [5, 5.41) is 98.0. The molecule has 0 spiro atoms. The molecule has 13 N–H and O–H groups in total. The second-order valence-electron chi connectivity index (χ2n) is 20.5. The van der Waals surface area contributed by atoms with Crippen molar-refractivity contribution in [3.8, 4) is 0 Å². The van der Waals surface area contributed by atoms with Gasteiger partial charge in [-0.05, 0) is 25.7 Å². The molecule has 3 rings (SSSR count). The number of aliphatic hydroxyl groups is 9. The second kappa shape index (κ2) is 37.0. The van der Waals surface area contributed by atoms with Crippen LogP contribution in [-0.2, 0) is 61.8 Å². The van der Waals surface area contributed by atoms with E-state index in [0.29, 0.717) is 24.1 Å². The van der Waals surface area contributed by atoms with Crippen LogP contribution in [-0.4, -0.2) is 259 Å². The number of nitroso groups, excluding NO2 is 1. The van der Waals surface area contributed by atoms with Crippen molar-refractivity contribution >= 4 is 23.5 Å². The number of nitrogens with zero attached hydrogens (tertiary/aromatic N) is 1. The number of Topliss-reactive ketones (excluding diaryl/α,β-unsaturated/α-hetero) is 1. The fourth-order valence-electron chi connectivity index (χ4n) is 8.55. The third-order valence-corrected chi connectivity index (χ3v) is 13.7. The monoisotopic (exact) mass is 1130 g/mol. The summed E-state index contributed by atoms with van der Waals surface area (Å²) in [5.74, 6) is -3.14. The number of nitrogens with one attached hydrogen (secondary N) is 4. The Morgan fingerprint density at radius 2 is 0.897 bits per heavy atom. The molecule has 3 amide bonds. The van der Waals surface area contributed by atoms with Crippen molar-refractivity contribution < 1.29 is 113 Å². The number of hydrogen-bond acceptors (Lipinski definition) is 23. The summed E-state index contributed by atoms with van der Waals surface area (Å²) in [5.41, 5.74) is 1.25. The van der Waals surface area contributed by atoms with E-state index in [2.05, 4.69) is 21.4 Å². The van der Waals surface area contributed by atoms with Crippen LogP contribution in [0.5, 0.6) is 0 Å². The van der Waals surface area contributed by atoms with E-state index in [4.69, 9.17) is 42.6 Å². The number of ether oxygens (including phenoxy) is 9. The van der Waals surface area contributed by atoms with E-state index in [-0.39, 0.29) is 141 Å². The molecule has 3 heterocycles. The molecule has 0 bridgehead atoms. The summed E-state index contributed by atoms with van der Waals surface area (Å²) >= 11 is 0. The number of amides is 3. The maximum absolute atomic E-state index is 13.5. The molecular weight excluding hydrogens is 1040 g/mol. The van der Waals surface area contributed by atoms with Crippen LogP contribution in [0, 0.1) is 28.6 Å². The molecule has 3 aliphatic rings. The lowest BCUT2D eigenvalue weighted by molar-refractivity contribution is -0.609. The number of hydrazine groups is 1. The fourth-order valence-corrected chi connectivity index (χ4v) is 8.55. The summed E-state index contributed by atoms with van der Waals surface area (Å²) in [6.45, 7) is 6.64. The maximum Gasteiger partial charge on any atom is 0.248 e. The van der Waals surface area contributed by atoms with Crippen molar-refractivity contribution in [3.63, 3.8) is 0 Å². The van der Waals surface area contributed by atoms with Crippen molar-refractivity contribution in [1.82, 2.24) is 21.4 Å². The standard InChI is InChI=1S/C50H91N5O23/c1-30(2)34(59)10-6-11-40(62)54-50(27-70-21-12-38(60)51-14-7-18-73-47-31(3)41(63)44(66)35(24-56)76-47,28-71-22-13-39(61)52-15-8-19-74-48-32(4)42(64)45(67)36(25-57)77-48)29-72-23-17-55(69)53-16-9-20-75-49-33(5)43(65)46(68)37(26-58)78-49/h30-33,35-37,41-49,56-58,63-68H,6-29H2,1-5H3,(H3-,51,52,53,54,60,61,62,69)/p+1/t31?,32?,33?,35?,36?,37?,41-,42-,43-,44+,45+,46+,47-,48-,49-,50?/m1/s1. The van der Waals surface area contributed by atoms with Crippen LogP contribution in [0.25, 0.3) is 0 Å². The van der Waals surface area contributed by atoms with Crippen LogP contribution in [0.1, 0.15) is 86.0 Å². The topological polar surface area (TPSA) is 402 Å². The molecular formula is C50H92N5O23+. The normalized spacial score (nSPS) is 30.1. The van der Waals surface area contributed by atoms with Gasteiger partial charge in [-0.1, -0.05) is 34.6 Å². The highest BCUT2D eigenvalue weighted by atomic mass is 16.7. The summed E-state index contributed by atoms with van der Waals surface area (Å²) < 4.78 is 51.8. The van der Waals surface area contributed by atoms with Gasteiger partial charge >= 0.3 is 0 Å². The highest BCUT2D eigenvalue weighted by Gasteiger charge is 2.45. The van der Waals surface area contributed by atoms with E-state index in [0.717, 1.165) is 0 Å². The van der Waals surface area contributed by atoms with Crippen LogP contribution < -0.4 is 21.4 Å². The zero-order valence-electron chi connectivity index (χ0n) is 45.9. The highest BCUT2D eigenvalue weighted by molar-refractivity contribution is 5.82. The molecule has 0 saturated carbocycles. The smallest absolute Gasteiger partial charge is 0.248 e. The molecule has 0 radical (unpaired) electrons. The largest absolute Gasteiger partial charge is 0.394 e. The van der Waals surface area contributed by atoms with Crippen LogP contribution in [0.3, 0.4) is 0 Å². The number of aliphatic hydroxyl groups excluding tert-OH is 9. The van der Waals surface area contributed by atoms with Gasteiger partial charge in [0.25, 0.3) is 0 Å². The summed E-state index contributed by atoms with van der Waals surface area (Å²) in [6, 6.07) is 0. The Hall–Kier alpha value is -3.24. The Kier molecular flexibility index (Phi) is 32.7. The molecule has 28 nitrogen and oxygen atoms in total. The first-order chi connectivity index (χ1) is 37.2. The Labute approximate surface area is 455 Å². The van der Waals surface area contributed by atoms with Gasteiger partial charge in [0.1, 0.15) is 59.4 Å². The van der Waals surface area contributed by atoms with E-state index < -0.39 is 123 Å². The van der Waals surface area contributed by atoms with E-state index >= 15 is 0 Å². The average molecular weight is 1130 g/mol. The Bertz CT molecular complexity index is 1580. The van der Waals surface area contributed by atoms with Crippen LogP contribution in [0.2, 0.25) is 0 Å². The highest BCUT2D eigenvalue weighted by Crippen LogP contribution is 2.29.